The Balaban J connectivity index is 2.96. The molecule has 0 radical (unpaired) electrons. The zero-order chi connectivity index (χ0) is 9.84. The molecule has 0 aliphatic heterocycles. The van der Waals surface area contributed by atoms with Crippen molar-refractivity contribution in [3.63, 3.8) is 0 Å². The van der Waals surface area contributed by atoms with Gasteiger partial charge in [-0.3, -0.25) is 0 Å². The lowest BCUT2D eigenvalue weighted by atomic mass is 10.2. The molecule has 0 amide bonds. The molecule has 74 valence electrons. The summed E-state index contributed by atoms with van der Waals surface area (Å²) in [6.07, 6.45) is 3.22. The second-order valence-corrected chi connectivity index (χ2v) is 3.62. The molecule has 1 heterocycles. The first-order valence-electron chi connectivity index (χ1n) is 5.13. The summed E-state index contributed by atoms with van der Waals surface area (Å²) in [6, 6.07) is 0.424. The van der Waals surface area contributed by atoms with E-state index in [1.807, 2.05) is 4.68 Å². The summed E-state index contributed by atoms with van der Waals surface area (Å²) < 4.78 is 2.03. The molecule has 0 bridgehead atoms. The van der Waals surface area contributed by atoms with Crippen LogP contribution in [0.4, 0.5) is 0 Å². The maximum absolute atomic E-state index is 4.21. The Morgan fingerprint density at radius 2 is 2.00 bits per heavy atom. The van der Waals surface area contributed by atoms with Gasteiger partial charge in [-0.05, 0) is 26.7 Å². The summed E-state index contributed by atoms with van der Waals surface area (Å²) in [5, 5.41) is 8.38. The van der Waals surface area contributed by atoms with Crippen LogP contribution < -0.4 is 0 Å². The fourth-order valence-corrected chi connectivity index (χ4v) is 1.56. The molecule has 1 aromatic rings. The molecule has 3 heteroatoms. The largest absolute Gasteiger partial charge is 0.247 e. The van der Waals surface area contributed by atoms with Crippen LogP contribution in [0.5, 0.6) is 0 Å². The van der Waals surface area contributed by atoms with Crippen LogP contribution in [-0.2, 0) is 12.8 Å². The van der Waals surface area contributed by atoms with Gasteiger partial charge in [0.1, 0.15) is 0 Å². The highest BCUT2D eigenvalue weighted by Crippen LogP contribution is 2.13. The smallest absolute Gasteiger partial charge is 0.0859 e. The molecule has 0 spiro atoms. The Bertz CT molecular complexity index is 263. The van der Waals surface area contributed by atoms with E-state index in [4.69, 9.17) is 0 Å². The SMILES string of the molecule is CCCc1nnn(C(C)C)c1CC. The quantitative estimate of drug-likeness (QED) is 0.714. The Morgan fingerprint density at radius 3 is 2.46 bits per heavy atom. The van der Waals surface area contributed by atoms with Crippen molar-refractivity contribution in [1.82, 2.24) is 15.0 Å². The molecule has 0 fully saturated rings. The molecule has 0 unspecified atom stereocenters. The molecule has 0 saturated heterocycles. The number of hydrogen-bond donors (Lipinski definition) is 0. The number of rotatable bonds is 4. The van der Waals surface area contributed by atoms with Gasteiger partial charge in [-0.1, -0.05) is 25.5 Å². The average molecular weight is 181 g/mol. The molecule has 1 rings (SSSR count). The van der Waals surface area contributed by atoms with Crippen molar-refractivity contribution < 1.29 is 0 Å². The lowest BCUT2D eigenvalue weighted by Crippen LogP contribution is -2.07. The van der Waals surface area contributed by atoms with Crippen molar-refractivity contribution in [2.24, 2.45) is 0 Å². The van der Waals surface area contributed by atoms with Crippen LogP contribution in [0.3, 0.4) is 0 Å². The van der Waals surface area contributed by atoms with Crippen molar-refractivity contribution in [3.05, 3.63) is 11.4 Å². The zero-order valence-corrected chi connectivity index (χ0v) is 9.04. The topological polar surface area (TPSA) is 30.7 Å². The van der Waals surface area contributed by atoms with Gasteiger partial charge < -0.3 is 0 Å². The third-order valence-corrected chi connectivity index (χ3v) is 2.18. The fraction of sp³-hybridized carbons (Fsp3) is 0.800. The van der Waals surface area contributed by atoms with Crippen LogP contribution in [0, 0.1) is 0 Å². The van der Waals surface area contributed by atoms with Crippen LogP contribution >= 0.6 is 0 Å². The van der Waals surface area contributed by atoms with Gasteiger partial charge in [-0.25, -0.2) is 4.68 Å². The number of aryl methyl sites for hydroxylation is 1. The molecule has 3 nitrogen and oxygen atoms in total. The molecule has 0 aromatic carbocycles. The number of nitrogens with zero attached hydrogens (tertiary/aromatic N) is 3. The van der Waals surface area contributed by atoms with E-state index >= 15 is 0 Å². The van der Waals surface area contributed by atoms with Gasteiger partial charge >= 0.3 is 0 Å². The van der Waals surface area contributed by atoms with Gasteiger partial charge in [-0.15, -0.1) is 5.10 Å². The summed E-state index contributed by atoms with van der Waals surface area (Å²) in [4.78, 5) is 0. The van der Waals surface area contributed by atoms with Gasteiger partial charge in [0, 0.05) is 6.04 Å². The van der Waals surface area contributed by atoms with Gasteiger partial charge in [0.25, 0.3) is 0 Å². The van der Waals surface area contributed by atoms with Crippen LogP contribution in [0.2, 0.25) is 0 Å². The highest BCUT2D eigenvalue weighted by Gasteiger charge is 2.11. The molecule has 0 saturated carbocycles. The molecular weight excluding hydrogens is 162 g/mol. The Morgan fingerprint density at radius 1 is 1.31 bits per heavy atom. The van der Waals surface area contributed by atoms with E-state index in [2.05, 4.69) is 38.0 Å². The predicted octanol–water partition coefficient (Wildman–Crippen LogP) is 2.37. The first-order chi connectivity index (χ1) is 6.20. The van der Waals surface area contributed by atoms with Crippen LogP contribution in [0.1, 0.15) is 51.5 Å². The minimum absolute atomic E-state index is 0.424. The lowest BCUT2D eigenvalue weighted by molar-refractivity contribution is 0.496. The molecular formula is C10H19N3. The van der Waals surface area contributed by atoms with E-state index in [9.17, 15) is 0 Å². The van der Waals surface area contributed by atoms with E-state index in [0.29, 0.717) is 6.04 Å². The third kappa shape index (κ3) is 2.08. The van der Waals surface area contributed by atoms with Gasteiger partial charge in [0.05, 0.1) is 11.4 Å². The minimum Gasteiger partial charge on any atom is -0.247 e. The summed E-state index contributed by atoms with van der Waals surface area (Å²) in [5.74, 6) is 0. The normalized spacial score (nSPS) is 11.2. The fourth-order valence-electron chi connectivity index (χ4n) is 1.56. The summed E-state index contributed by atoms with van der Waals surface area (Å²) in [5.41, 5.74) is 2.48. The third-order valence-electron chi connectivity index (χ3n) is 2.18. The molecule has 13 heavy (non-hydrogen) atoms. The molecule has 0 N–H and O–H groups in total. The maximum atomic E-state index is 4.21. The first kappa shape index (κ1) is 10.2. The van der Waals surface area contributed by atoms with Crippen molar-refractivity contribution >= 4 is 0 Å². The lowest BCUT2D eigenvalue weighted by Gasteiger charge is -2.08. The van der Waals surface area contributed by atoms with Crippen molar-refractivity contribution in [2.45, 2.75) is 53.0 Å². The van der Waals surface area contributed by atoms with Gasteiger partial charge in [-0.2, -0.15) is 0 Å². The second kappa shape index (κ2) is 4.40. The van der Waals surface area contributed by atoms with Crippen molar-refractivity contribution in [1.29, 1.82) is 0 Å². The van der Waals surface area contributed by atoms with E-state index in [0.717, 1.165) is 19.3 Å². The standard InChI is InChI=1S/C10H19N3/c1-5-7-9-10(6-2)13(8(3)4)12-11-9/h8H,5-7H2,1-4H3. The second-order valence-electron chi connectivity index (χ2n) is 3.62. The van der Waals surface area contributed by atoms with Gasteiger partial charge in [0.15, 0.2) is 0 Å². The van der Waals surface area contributed by atoms with Crippen molar-refractivity contribution in [3.8, 4) is 0 Å². The average Bonchev–Trinajstić information content (AvgIpc) is 2.48. The zero-order valence-electron chi connectivity index (χ0n) is 9.04. The van der Waals surface area contributed by atoms with Gasteiger partial charge in [0.2, 0.25) is 0 Å². The monoisotopic (exact) mass is 181 g/mol. The highest BCUT2D eigenvalue weighted by atomic mass is 15.4. The Labute approximate surface area is 80.1 Å². The molecule has 1 aromatic heterocycles. The predicted molar refractivity (Wildman–Crippen MR) is 53.8 cm³/mol. The van der Waals surface area contributed by atoms with E-state index < -0.39 is 0 Å². The number of aromatic nitrogens is 3. The summed E-state index contributed by atoms with van der Waals surface area (Å²) >= 11 is 0. The molecule has 0 aliphatic rings. The molecule has 0 atom stereocenters. The summed E-state index contributed by atoms with van der Waals surface area (Å²) in [6.45, 7) is 8.62. The number of hydrogen-bond acceptors (Lipinski definition) is 2. The van der Waals surface area contributed by atoms with E-state index in [1.165, 1.54) is 11.4 Å². The highest BCUT2D eigenvalue weighted by molar-refractivity contribution is 5.10. The summed E-state index contributed by atoms with van der Waals surface area (Å²) in [7, 11) is 0. The van der Waals surface area contributed by atoms with Crippen LogP contribution in [0.25, 0.3) is 0 Å². The molecule has 0 aliphatic carbocycles. The first-order valence-corrected chi connectivity index (χ1v) is 5.13. The minimum atomic E-state index is 0.424. The van der Waals surface area contributed by atoms with Crippen LogP contribution in [0.15, 0.2) is 0 Å². The maximum Gasteiger partial charge on any atom is 0.0859 e. The Kier molecular flexibility index (Phi) is 3.46. The van der Waals surface area contributed by atoms with E-state index in [1.54, 1.807) is 0 Å². The van der Waals surface area contributed by atoms with E-state index in [-0.39, 0.29) is 0 Å². The Hall–Kier alpha value is -0.860. The van der Waals surface area contributed by atoms with Crippen LogP contribution in [-0.4, -0.2) is 15.0 Å². The van der Waals surface area contributed by atoms with Crippen molar-refractivity contribution in [2.75, 3.05) is 0 Å².